The minimum absolute atomic E-state index is 0. The van der Waals surface area contributed by atoms with Gasteiger partial charge < -0.3 is 4.74 Å². The van der Waals surface area contributed by atoms with Gasteiger partial charge in [0.1, 0.15) is 6.04 Å². The van der Waals surface area contributed by atoms with Crippen molar-refractivity contribution in [1.29, 1.82) is 10.5 Å². The number of nitrogens with zero attached hydrogens (tertiary/aromatic N) is 7. The van der Waals surface area contributed by atoms with Crippen molar-refractivity contribution in [2.75, 3.05) is 26.3 Å². The van der Waals surface area contributed by atoms with Gasteiger partial charge in [0.2, 0.25) is 5.92 Å². The zero-order valence-corrected chi connectivity index (χ0v) is 32.4. The first-order chi connectivity index (χ1) is 24.0. The normalized spacial score (nSPS) is 18.1. The Morgan fingerprint density at radius 3 is 1.44 bits per heavy atom. The number of rotatable bonds is 5. The Morgan fingerprint density at radius 1 is 0.778 bits per heavy atom. The summed E-state index contributed by atoms with van der Waals surface area (Å²) in [6, 6.07) is 1.18. The van der Waals surface area contributed by atoms with Gasteiger partial charge in [-0.25, -0.2) is 42.8 Å². The Labute approximate surface area is 320 Å². The van der Waals surface area contributed by atoms with Crippen LogP contribution in [0.2, 0.25) is 19.6 Å². The van der Waals surface area contributed by atoms with Crippen LogP contribution in [0, 0.1) is 22.3 Å². The molecular weight excluding hydrogens is 766 g/mol. The third kappa shape index (κ3) is 22.2. The van der Waals surface area contributed by atoms with Crippen LogP contribution in [0.5, 0.6) is 0 Å². The van der Waals surface area contributed by atoms with Crippen LogP contribution in [0.15, 0.2) is 24.8 Å². The predicted octanol–water partition coefficient (Wildman–Crippen LogP) is 10.1. The number of hydrogen-bond donors (Lipinski definition) is 0. The summed E-state index contributed by atoms with van der Waals surface area (Å²) >= 11 is 0. The Hall–Kier alpha value is -3.32. The van der Waals surface area contributed by atoms with E-state index in [1.165, 1.54) is 12.8 Å². The number of nitriles is 2. The van der Waals surface area contributed by atoms with E-state index in [0.717, 1.165) is 44.4 Å². The van der Waals surface area contributed by atoms with Crippen molar-refractivity contribution >= 4 is 26.8 Å². The van der Waals surface area contributed by atoms with Crippen LogP contribution in [0.1, 0.15) is 113 Å². The molecule has 4 heterocycles. The van der Waals surface area contributed by atoms with Gasteiger partial charge in [-0.05, 0) is 25.7 Å². The highest BCUT2D eigenvalue weighted by Gasteiger charge is 2.37. The van der Waals surface area contributed by atoms with Gasteiger partial charge in [-0.2, -0.15) is 22.8 Å². The van der Waals surface area contributed by atoms with Crippen LogP contribution < -0.4 is 0 Å². The third-order valence-electron chi connectivity index (χ3n) is 7.35. The maximum atomic E-state index is 13.1. The second-order valence-corrected chi connectivity index (χ2v) is 18.3. The molecule has 5 rings (SSSR count). The molecule has 9 nitrogen and oxygen atoms in total. The number of ether oxygens (including phenoxy) is 1. The molecule has 1 aliphatic carbocycles. The summed E-state index contributed by atoms with van der Waals surface area (Å²) in [4.78, 5) is 25.5. The van der Waals surface area contributed by atoms with Gasteiger partial charge in [0.05, 0.1) is 11.6 Å². The number of aromatic nitrogens is 4. The van der Waals surface area contributed by atoms with E-state index in [-0.39, 0.29) is 64.2 Å². The van der Waals surface area contributed by atoms with E-state index in [2.05, 4.69) is 25.6 Å². The molecule has 3 fully saturated rings. The lowest BCUT2D eigenvalue weighted by Crippen LogP contribution is -2.41. The molecule has 1 saturated carbocycles. The average Bonchev–Trinajstić information content (AvgIpc) is 3.67. The summed E-state index contributed by atoms with van der Waals surface area (Å²) in [5.74, 6) is -12.4. The van der Waals surface area contributed by atoms with Gasteiger partial charge in [0.15, 0.2) is 26.0 Å². The maximum absolute atomic E-state index is 13.1. The first-order valence-corrected chi connectivity index (χ1v) is 20.3. The van der Waals surface area contributed by atoms with Crippen LogP contribution >= 0.6 is 12.4 Å². The second kappa shape index (κ2) is 24.2. The number of alkyl halides is 8. The SMILES string of the molecule is C.C1CCOC1.CC(F)(F)c1ncc(C(C#N)N2CCC(F)(F)CC2)cn1.CC(F)(F)c1ncc(C=O)cn1.C[Si](C)(C)C#N.Cl.FC1(F)CCCCC1. The zero-order valence-electron chi connectivity index (χ0n) is 30.5. The van der Waals surface area contributed by atoms with Crippen LogP contribution in [0.25, 0.3) is 0 Å². The van der Waals surface area contributed by atoms with E-state index in [4.69, 9.17) is 10.00 Å². The first-order valence-electron chi connectivity index (χ1n) is 16.8. The lowest BCUT2D eigenvalue weighted by atomic mass is 9.97. The molecule has 54 heavy (non-hydrogen) atoms. The van der Waals surface area contributed by atoms with E-state index in [9.17, 15) is 45.2 Å². The summed E-state index contributed by atoms with van der Waals surface area (Å²) in [5, 5.41) is 17.4. The monoisotopic (exact) mass is 817 g/mol. The molecule has 3 aliphatic rings. The van der Waals surface area contributed by atoms with Gasteiger partial charge in [0.25, 0.3) is 5.92 Å². The minimum Gasteiger partial charge on any atom is -0.381 e. The highest BCUT2D eigenvalue weighted by Crippen LogP contribution is 2.33. The number of carbonyl (C=O) groups is 1. The van der Waals surface area contributed by atoms with Crippen LogP contribution in [-0.2, 0) is 16.6 Å². The van der Waals surface area contributed by atoms with Gasteiger partial charge in [0, 0.05) is 102 Å². The van der Waals surface area contributed by atoms with Crippen molar-refractivity contribution in [3.05, 3.63) is 47.6 Å². The number of likely N-dealkylation sites (tertiary alicyclic amines) is 1. The fraction of sp³-hybridized carbons (Fsp3) is 0.686. The highest BCUT2D eigenvalue weighted by atomic mass is 35.5. The molecule has 0 bridgehead atoms. The summed E-state index contributed by atoms with van der Waals surface area (Å²) in [5.41, 5.74) is 2.76. The molecule has 0 aromatic carbocycles. The fourth-order valence-corrected chi connectivity index (χ4v) is 4.39. The number of aldehydes is 1. The van der Waals surface area contributed by atoms with Crippen LogP contribution in [-0.4, -0.2) is 77.3 Å². The van der Waals surface area contributed by atoms with Gasteiger partial charge in [-0.15, -0.1) is 12.4 Å². The lowest BCUT2D eigenvalue weighted by Gasteiger charge is -2.34. The molecule has 19 heteroatoms. The Balaban J connectivity index is 0. The Bertz CT molecular complexity index is 1400. The van der Waals surface area contributed by atoms with E-state index >= 15 is 0 Å². The number of hydrogen-bond acceptors (Lipinski definition) is 9. The molecule has 2 aromatic rings. The van der Waals surface area contributed by atoms with Crippen molar-refractivity contribution in [3.8, 4) is 11.8 Å². The Morgan fingerprint density at radius 2 is 1.17 bits per heavy atom. The largest absolute Gasteiger partial charge is 0.381 e. The fourth-order valence-electron chi connectivity index (χ4n) is 4.39. The van der Waals surface area contributed by atoms with Crippen molar-refractivity contribution in [1.82, 2.24) is 24.8 Å². The molecule has 2 aliphatic heterocycles. The minimum atomic E-state index is -3.16. The van der Waals surface area contributed by atoms with Crippen molar-refractivity contribution in [2.45, 2.75) is 128 Å². The smallest absolute Gasteiger partial charge is 0.303 e. The molecule has 306 valence electrons. The van der Waals surface area contributed by atoms with Crippen molar-refractivity contribution in [2.24, 2.45) is 0 Å². The van der Waals surface area contributed by atoms with E-state index in [1.807, 2.05) is 25.7 Å². The van der Waals surface area contributed by atoms with Gasteiger partial charge in [-0.1, -0.05) is 33.5 Å². The molecule has 0 N–H and O–H groups in total. The highest BCUT2D eigenvalue weighted by molar-refractivity contribution is 6.83. The quantitative estimate of drug-likeness (QED) is 0.165. The first kappa shape index (κ1) is 52.8. The molecule has 1 atom stereocenters. The summed E-state index contributed by atoms with van der Waals surface area (Å²) in [6.45, 7) is 9.57. The van der Waals surface area contributed by atoms with Crippen molar-refractivity contribution in [3.63, 3.8) is 0 Å². The maximum Gasteiger partial charge on any atom is 0.303 e. The van der Waals surface area contributed by atoms with Crippen molar-refractivity contribution < 1.29 is 44.7 Å². The summed E-state index contributed by atoms with van der Waals surface area (Å²) in [6.07, 6.45) is 9.50. The second-order valence-electron chi connectivity index (χ2n) is 13.6. The van der Waals surface area contributed by atoms with E-state index in [1.54, 1.807) is 4.90 Å². The molecular formula is C35H52ClF8N7O2Si. The molecule has 0 radical (unpaired) electrons. The van der Waals surface area contributed by atoms with Gasteiger partial charge >= 0.3 is 11.8 Å². The molecule has 2 saturated heterocycles. The van der Waals surface area contributed by atoms with Crippen LogP contribution in [0.3, 0.4) is 0 Å². The summed E-state index contributed by atoms with van der Waals surface area (Å²) in [7, 11) is -1.33. The number of piperidine rings is 1. The zero-order chi connectivity index (χ0) is 39.6. The molecule has 0 amide bonds. The van der Waals surface area contributed by atoms with E-state index < -0.39 is 49.5 Å². The van der Waals surface area contributed by atoms with E-state index in [0.29, 0.717) is 38.5 Å². The third-order valence-corrected chi connectivity index (χ3v) is 8.02. The van der Waals surface area contributed by atoms with Gasteiger partial charge in [-0.3, -0.25) is 9.69 Å². The summed E-state index contributed by atoms with van der Waals surface area (Å²) < 4.78 is 107. The average molecular weight is 818 g/mol. The molecule has 2 aromatic heterocycles. The number of carbonyl (C=O) groups excluding carboxylic acids is 1. The molecule has 1 unspecified atom stereocenters. The standard InChI is InChI=1S/C13H14F4N4.C7H6F2N2O.C6H10F2.C4H9NSi.C4H8O.CH4.ClH/c1-12(14,15)11-19-7-9(8-20-11)10(6-18)21-4-2-13(16,17)3-5-21;1-7(8,9)6-10-2-5(4-12)3-11-6;7-6(8)4-2-1-3-5-6;1-6(2,3)4-5;1-2-4-5-3-1;;/h7-8,10H,2-5H2,1H3;2-4H,1H3;1-5H2;1-3H3;1-4H2;1H4;1H. The molecule has 0 spiro atoms. The van der Waals surface area contributed by atoms with Crippen LogP contribution in [0.4, 0.5) is 35.1 Å². The number of halogens is 9. The topological polar surface area (TPSA) is 129 Å². The Kier molecular flexibility index (Phi) is 23.7. The lowest BCUT2D eigenvalue weighted by molar-refractivity contribution is -0.0596. The predicted molar refractivity (Wildman–Crippen MR) is 194 cm³/mol.